The van der Waals surface area contributed by atoms with Gasteiger partial charge in [-0.15, -0.1) is 0 Å². The predicted octanol–water partition coefficient (Wildman–Crippen LogP) is 2.30. The fourth-order valence-electron chi connectivity index (χ4n) is 1.43. The van der Waals surface area contributed by atoms with Gasteiger partial charge in [0.25, 0.3) is 0 Å². The Morgan fingerprint density at radius 1 is 1.25 bits per heavy atom. The zero-order valence-electron chi connectivity index (χ0n) is 9.25. The molecule has 0 unspecified atom stereocenters. The third-order valence-electron chi connectivity index (χ3n) is 2.17. The largest absolute Gasteiger partial charge is 0.469 e. The van der Waals surface area contributed by atoms with Gasteiger partial charge in [0.05, 0.1) is 13.5 Å². The Kier molecular flexibility index (Phi) is 4.68. The molecule has 16 heavy (non-hydrogen) atoms. The molecule has 3 nitrogen and oxygen atoms in total. The molecule has 0 fully saturated rings. The molecular weight excluding hydrogens is 272 g/mol. The lowest BCUT2D eigenvalue weighted by Gasteiger charge is -2.07. The van der Waals surface area contributed by atoms with E-state index in [9.17, 15) is 9.59 Å². The summed E-state index contributed by atoms with van der Waals surface area (Å²) in [6, 6.07) is 5.55. The van der Waals surface area contributed by atoms with Crippen molar-refractivity contribution in [2.75, 3.05) is 7.11 Å². The van der Waals surface area contributed by atoms with Crippen LogP contribution in [0.3, 0.4) is 0 Å². The quantitative estimate of drug-likeness (QED) is 0.797. The summed E-state index contributed by atoms with van der Waals surface area (Å²) in [6.07, 6.45) is 0.540. The van der Waals surface area contributed by atoms with E-state index in [1.165, 1.54) is 14.0 Å². The zero-order chi connectivity index (χ0) is 12.1. The van der Waals surface area contributed by atoms with Crippen LogP contribution in [0.1, 0.15) is 18.1 Å². The summed E-state index contributed by atoms with van der Waals surface area (Å²) in [5.74, 6) is -0.226. The number of Topliss-reactive ketones (excluding diaryl/α,β-unsaturated/α-hetero) is 1. The van der Waals surface area contributed by atoms with Crippen LogP contribution < -0.4 is 0 Å². The Morgan fingerprint density at radius 2 is 1.94 bits per heavy atom. The topological polar surface area (TPSA) is 43.4 Å². The number of ketones is 1. The molecule has 0 spiro atoms. The van der Waals surface area contributed by atoms with Crippen LogP contribution in [0.15, 0.2) is 22.7 Å². The van der Waals surface area contributed by atoms with Gasteiger partial charge < -0.3 is 4.74 Å². The van der Waals surface area contributed by atoms with Gasteiger partial charge >= 0.3 is 5.97 Å². The first-order chi connectivity index (χ1) is 7.52. The molecule has 1 aromatic rings. The van der Waals surface area contributed by atoms with Crippen LogP contribution in [0, 0.1) is 0 Å². The Hall–Kier alpha value is -1.16. The summed E-state index contributed by atoms with van der Waals surface area (Å²) in [5, 5.41) is 0. The normalized spacial score (nSPS) is 9.94. The minimum atomic E-state index is -0.303. The number of hydrogen-bond donors (Lipinski definition) is 0. The summed E-state index contributed by atoms with van der Waals surface area (Å²) in [5.41, 5.74) is 1.71. The standard InChI is InChI=1S/C12H13BrO3/c1-8(14)5-9-3-4-11(13)6-10(9)7-12(15)16-2/h3-4,6H,5,7H2,1-2H3. The van der Waals surface area contributed by atoms with E-state index >= 15 is 0 Å². The second-order valence-electron chi connectivity index (χ2n) is 3.54. The number of benzene rings is 1. The SMILES string of the molecule is COC(=O)Cc1cc(Br)ccc1CC(C)=O. The molecule has 0 aromatic heterocycles. The van der Waals surface area contributed by atoms with Gasteiger partial charge in [-0.25, -0.2) is 0 Å². The van der Waals surface area contributed by atoms with Crippen LogP contribution >= 0.6 is 15.9 Å². The van der Waals surface area contributed by atoms with Gasteiger partial charge in [-0.2, -0.15) is 0 Å². The van der Waals surface area contributed by atoms with Crippen molar-refractivity contribution in [2.45, 2.75) is 19.8 Å². The van der Waals surface area contributed by atoms with Crippen LogP contribution in [-0.2, 0) is 27.2 Å². The van der Waals surface area contributed by atoms with E-state index in [0.717, 1.165) is 15.6 Å². The van der Waals surface area contributed by atoms with Crippen molar-refractivity contribution in [1.29, 1.82) is 0 Å². The number of ether oxygens (including phenoxy) is 1. The van der Waals surface area contributed by atoms with E-state index in [1.807, 2.05) is 18.2 Å². The van der Waals surface area contributed by atoms with E-state index < -0.39 is 0 Å². The summed E-state index contributed by atoms with van der Waals surface area (Å²) >= 11 is 3.34. The summed E-state index contributed by atoms with van der Waals surface area (Å²) in [4.78, 5) is 22.3. The fourth-order valence-corrected chi connectivity index (χ4v) is 1.84. The van der Waals surface area contributed by atoms with E-state index in [4.69, 9.17) is 0 Å². The molecule has 4 heteroatoms. The molecule has 0 atom stereocenters. The zero-order valence-corrected chi connectivity index (χ0v) is 10.8. The third-order valence-corrected chi connectivity index (χ3v) is 2.66. The minimum absolute atomic E-state index is 0.0773. The lowest BCUT2D eigenvalue weighted by atomic mass is 10.0. The molecule has 0 radical (unpaired) electrons. The van der Waals surface area contributed by atoms with Gasteiger partial charge in [-0.05, 0) is 30.2 Å². The van der Waals surface area contributed by atoms with Crippen molar-refractivity contribution in [2.24, 2.45) is 0 Å². The monoisotopic (exact) mass is 284 g/mol. The average molecular weight is 285 g/mol. The summed E-state index contributed by atoms with van der Waals surface area (Å²) in [6.45, 7) is 1.53. The second kappa shape index (κ2) is 5.80. The lowest BCUT2D eigenvalue weighted by Crippen LogP contribution is -2.08. The van der Waals surface area contributed by atoms with Crippen molar-refractivity contribution in [3.05, 3.63) is 33.8 Å². The highest BCUT2D eigenvalue weighted by Crippen LogP contribution is 2.18. The molecule has 1 aromatic carbocycles. The smallest absolute Gasteiger partial charge is 0.309 e. The molecule has 0 aliphatic carbocycles. The minimum Gasteiger partial charge on any atom is -0.469 e. The lowest BCUT2D eigenvalue weighted by molar-refractivity contribution is -0.139. The number of halogens is 1. The number of esters is 1. The van der Waals surface area contributed by atoms with E-state index in [-0.39, 0.29) is 18.2 Å². The highest BCUT2D eigenvalue weighted by molar-refractivity contribution is 9.10. The van der Waals surface area contributed by atoms with E-state index in [0.29, 0.717) is 6.42 Å². The van der Waals surface area contributed by atoms with E-state index in [2.05, 4.69) is 20.7 Å². The van der Waals surface area contributed by atoms with E-state index in [1.54, 1.807) is 0 Å². The number of carbonyl (C=O) groups excluding carboxylic acids is 2. The first-order valence-electron chi connectivity index (χ1n) is 4.86. The predicted molar refractivity (Wildman–Crippen MR) is 64.2 cm³/mol. The first kappa shape index (κ1) is 12.9. The maximum atomic E-state index is 11.2. The molecule has 0 aliphatic rings. The Bertz CT molecular complexity index is 413. The molecule has 1 rings (SSSR count). The van der Waals surface area contributed by atoms with Gasteiger partial charge in [-0.3, -0.25) is 9.59 Å². The third kappa shape index (κ3) is 3.77. The van der Waals surface area contributed by atoms with Crippen LogP contribution in [0.2, 0.25) is 0 Å². The Morgan fingerprint density at radius 3 is 2.50 bits per heavy atom. The second-order valence-corrected chi connectivity index (χ2v) is 4.46. The highest BCUT2D eigenvalue weighted by atomic mass is 79.9. The summed E-state index contributed by atoms with van der Waals surface area (Å²) < 4.78 is 5.50. The van der Waals surface area contributed by atoms with Crippen LogP contribution in [0.5, 0.6) is 0 Å². The molecule has 0 amide bonds. The molecule has 0 saturated carbocycles. The highest BCUT2D eigenvalue weighted by Gasteiger charge is 2.10. The molecule has 0 N–H and O–H groups in total. The maximum Gasteiger partial charge on any atom is 0.309 e. The van der Waals surface area contributed by atoms with Crippen LogP contribution in [0.25, 0.3) is 0 Å². The first-order valence-corrected chi connectivity index (χ1v) is 5.65. The molecule has 0 heterocycles. The molecule has 0 bridgehead atoms. The van der Waals surface area contributed by atoms with Gasteiger partial charge in [0.2, 0.25) is 0 Å². The number of rotatable bonds is 4. The molecule has 0 aliphatic heterocycles. The number of methoxy groups -OCH3 is 1. The fraction of sp³-hybridized carbons (Fsp3) is 0.333. The van der Waals surface area contributed by atoms with Crippen molar-refractivity contribution < 1.29 is 14.3 Å². The van der Waals surface area contributed by atoms with Crippen molar-refractivity contribution in [1.82, 2.24) is 0 Å². The molecule has 86 valence electrons. The van der Waals surface area contributed by atoms with Crippen LogP contribution in [-0.4, -0.2) is 18.9 Å². The van der Waals surface area contributed by atoms with Gasteiger partial charge in [0.15, 0.2) is 0 Å². The Balaban J connectivity index is 2.98. The summed E-state index contributed by atoms with van der Waals surface area (Å²) in [7, 11) is 1.35. The van der Waals surface area contributed by atoms with Crippen molar-refractivity contribution in [3.8, 4) is 0 Å². The van der Waals surface area contributed by atoms with Crippen molar-refractivity contribution >= 4 is 27.7 Å². The van der Waals surface area contributed by atoms with Gasteiger partial charge in [0, 0.05) is 10.9 Å². The van der Waals surface area contributed by atoms with Gasteiger partial charge in [0.1, 0.15) is 5.78 Å². The Labute approximate surface area is 103 Å². The molecular formula is C12H13BrO3. The van der Waals surface area contributed by atoms with Gasteiger partial charge in [-0.1, -0.05) is 22.0 Å². The van der Waals surface area contributed by atoms with Crippen molar-refractivity contribution in [3.63, 3.8) is 0 Å². The average Bonchev–Trinajstić information content (AvgIpc) is 2.21. The molecule has 0 saturated heterocycles. The number of hydrogen-bond acceptors (Lipinski definition) is 3. The maximum absolute atomic E-state index is 11.2. The number of carbonyl (C=O) groups is 2. The van der Waals surface area contributed by atoms with Crippen LogP contribution in [0.4, 0.5) is 0 Å².